The number of amides is 1. The van der Waals surface area contributed by atoms with Gasteiger partial charge in [-0.2, -0.15) is 0 Å². The van der Waals surface area contributed by atoms with E-state index in [-0.39, 0.29) is 12.2 Å². The second-order valence-corrected chi connectivity index (χ2v) is 4.71. The van der Waals surface area contributed by atoms with Crippen molar-refractivity contribution in [2.24, 2.45) is 0 Å². The summed E-state index contributed by atoms with van der Waals surface area (Å²) in [5, 5.41) is 0. The van der Waals surface area contributed by atoms with Crippen LogP contribution < -0.4 is 4.90 Å². The van der Waals surface area contributed by atoms with Crippen LogP contribution in [-0.4, -0.2) is 27.8 Å². The van der Waals surface area contributed by atoms with Crippen LogP contribution in [0.25, 0.3) is 0 Å². The highest BCUT2D eigenvalue weighted by Crippen LogP contribution is 2.33. The number of rotatable bonds is 3. The number of nitrogens with zero attached hydrogens (tertiary/aromatic N) is 3. The minimum absolute atomic E-state index is 0.0646. The summed E-state index contributed by atoms with van der Waals surface area (Å²) < 4.78 is 29.3. The lowest BCUT2D eigenvalue weighted by molar-refractivity contribution is -0.114. The molecule has 1 aromatic carbocycles. The summed E-state index contributed by atoms with van der Waals surface area (Å²) in [6.07, 6.45) is 3.31. The van der Waals surface area contributed by atoms with Crippen LogP contribution in [0.3, 0.4) is 0 Å². The third kappa shape index (κ3) is 2.01. The molecule has 0 spiro atoms. The Morgan fingerprint density at radius 3 is 2.52 bits per heavy atom. The number of anilines is 1. The number of hydrogen-bond donors (Lipinski definition) is 0. The van der Waals surface area contributed by atoms with Crippen molar-refractivity contribution in [3.63, 3.8) is 0 Å². The molecule has 0 radical (unpaired) electrons. The highest BCUT2D eigenvalue weighted by molar-refractivity contribution is 6.52. The lowest BCUT2D eigenvalue weighted by Crippen LogP contribution is -2.33. The van der Waals surface area contributed by atoms with Gasteiger partial charge in [0.05, 0.1) is 11.3 Å². The van der Waals surface area contributed by atoms with E-state index in [1.807, 2.05) is 0 Å². The molecule has 0 saturated carbocycles. The minimum atomic E-state index is -1.01. The van der Waals surface area contributed by atoms with Crippen molar-refractivity contribution in [3.8, 4) is 0 Å². The summed E-state index contributed by atoms with van der Waals surface area (Å²) in [5.41, 5.74) is -0.759. The van der Waals surface area contributed by atoms with Gasteiger partial charge in [0.15, 0.2) is 0 Å². The fraction of sp³-hybridized carbons (Fsp3) is 0.214. The molecule has 5 nitrogen and oxygen atoms in total. The number of halogens is 2. The van der Waals surface area contributed by atoms with Gasteiger partial charge in [0.1, 0.15) is 17.5 Å². The third-order valence-corrected chi connectivity index (χ3v) is 3.50. The molecule has 0 atom stereocenters. The molecule has 0 unspecified atom stereocenters. The van der Waals surface area contributed by atoms with Crippen molar-refractivity contribution in [1.29, 1.82) is 0 Å². The zero-order valence-electron chi connectivity index (χ0n) is 11.1. The molecule has 0 N–H and O–H groups in total. The van der Waals surface area contributed by atoms with Gasteiger partial charge in [-0.3, -0.25) is 9.59 Å². The Hall–Kier alpha value is -2.57. The average molecular weight is 291 g/mol. The van der Waals surface area contributed by atoms with Crippen molar-refractivity contribution in [2.45, 2.75) is 13.5 Å². The van der Waals surface area contributed by atoms with E-state index >= 15 is 0 Å². The number of Topliss-reactive ketones (excluding diaryl/α,β-unsaturated/α-hetero) is 1. The zero-order valence-corrected chi connectivity index (χ0v) is 11.1. The Balaban J connectivity index is 1.95. The number of benzene rings is 1. The van der Waals surface area contributed by atoms with E-state index in [0.717, 1.165) is 22.9 Å². The first-order valence-electron chi connectivity index (χ1n) is 6.32. The van der Waals surface area contributed by atoms with Gasteiger partial charge < -0.3 is 9.47 Å². The monoisotopic (exact) mass is 291 g/mol. The van der Waals surface area contributed by atoms with Crippen LogP contribution in [0.2, 0.25) is 0 Å². The molecule has 1 amide bonds. The number of fused-ring (bicyclic) bond motifs is 1. The molecule has 3 rings (SSSR count). The Kier molecular flexibility index (Phi) is 3.04. The predicted molar refractivity (Wildman–Crippen MR) is 70.0 cm³/mol. The third-order valence-electron chi connectivity index (χ3n) is 3.50. The molecular weight excluding hydrogens is 280 g/mol. The zero-order chi connectivity index (χ0) is 15.1. The standard InChI is InChI=1S/C14H11F2N3O2/c1-8-17-4-5-18(8)6-7-19-12-10(16)3-2-9(15)11(12)13(20)14(19)21/h2-5H,6-7H2,1H3. The van der Waals surface area contributed by atoms with Crippen molar-refractivity contribution in [1.82, 2.24) is 9.55 Å². The van der Waals surface area contributed by atoms with E-state index < -0.39 is 28.9 Å². The normalized spacial score (nSPS) is 14.0. The molecule has 108 valence electrons. The van der Waals surface area contributed by atoms with Crippen LogP contribution in [0.1, 0.15) is 16.2 Å². The first kappa shape index (κ1) is 13.4. The van der Waals surface area contributed by atoms with Crippen molar-refractivity contribution >= 4 is 17.4 Å². The molecular formula is C14H11F2N3O2. The van der Waals surface area contributed by atoms with Gasteiger partial charge in [-0.25, -0.2) is 13.8 Å². The number of aryl methyl sites for hydroxylation is 1. The Bertz CT molecular complexity index is 755. The van der Waals surface area contributed by atoms with Crippen LogP contribution in [0, 0.1) is 18.6 Å². The van der Waals surface area contributed by atoms with E-state index in [1.54, 1.807) is 23.9 Å². The van der Waals surface area contributed by atoms with Crippen molar-refractivity contribution in [2.75, 3.05) is 11.4 Å². The summed E-state index contributed by atoms with van der Waals surface area (Å²) in [5.74, 6) is -2.86. The van der Waals surface area contributed by atoms with Gasteiger partial charge >= 0.3 is 0 Å². The molecule has 0 aliphatic carbocycles. The maximum absolute atomic E-state index is 13.9. The maximum Gasteiger partial charge on any atom is 0.299 e. The Morgan fingerprint density at radius 1 is 1.14 bits per heavy atom. The number of imidazole rings is 1. The van der Waals surface area contributed by atoms with Crippen LogP contribution in [0.4, 0.5) is 14.5 Å². The molecule has 1 aromatic heterocycles. The molecule has 1 aliphatic rings. The Labute approximate surface area is 118 Å². The summed E-state index contributed by atoms with van der Waals surface area (Å²) in [4.78, 5) is 28.7. The average Bonchev–Trinajstić information content (AvgIpc) is 2.97. The number of ketones is 1. The molecule has 2 aromatic rings. The summed E-state index contributed by atoms with van der Waals surface area (Å²) in [6.45, 7) is 2.18. The molecule has 0 bridgehead atoms. The number of aromatic nitrogens is 2. The summed E-state index contributed by atoms with van der Waals surface area (Å²) in [7, 11) is 0. The van der Waals surface area contributed by atoms with Gasteiger partial charge in [0.2, 0.25) is 0 Å². The predicted octanol–water partition coefficient (Wildman–Crippen LogP) is 1.70. The molecule has 1 aliphatic heterocycles. The van der Waals surface area contributed by atoms with Gasteiger partial charge in [0.25, 0.3) is 11.7 Å². The van der Waals surface area contributed by atoms with Gasteiger partial charge in [0, 0.05) is 25.5 Å². The van der Waals surface area contributed by atoms with E-state index in [9.17, 15) is 18.4 Å². The van der Waals surface area contributed by atoms with E-state index in [0.29, 0.717) is 6.54 Å². The molecule has 21 heavy (non-hydrogen) atoms. The van der Waals surface area contributed by atoms with E-state index in [2.05, 4.69) is 4.98 Å². The highest BCUT2D eigenvalue weighted by Gasteiger charge is 2.40. The van der Waals surface area contributed by atoms with E-state index in [1.165, 1.54) is 0 Å². The smallest absolute Gasteiger partial charge is 0.299 e. The fourth-order valence-electron chi connectivity index (χ4n) is 2.41. The van der Waals surface area contributed by atoms with E-state index in [4.69, 9.17) is 0 Å². The molecule has 2 heterocycles. The first-order chi connectivity index (χ1) is 10.0. The number of hydrogen-bond acceptors (Lipinski definition) is 3. The van der Waals surface area contributed by atoms with Gasteiger partial charge in [-0.15, -0.1) is 0 Å². The van der Waals surface area contributed by atoms with Gasteiger partial charge in [-0.05, 0) is 19.1 Å². The lowest BCUT2D eigenvalue weighted by Gasteiger charge is -2.17. The van der Waals surface area contributed by atoms with Crippen LogP contribution >= 0.6 is 0 Å². The first-order valence-corrected chi connectivity index (χ1v) is 6.32. The largest absolute Gasteiger partial charge is 0.333 e. The minimum Gasteiger partial charge on any atom is -0.333 e. The number of carbonyl (C=O) groups excluding carboxylic acids is 2. The van der Waals surface area contributed by atoms with Gasteiger partial charge in [-0.1, -0.05) is 0 Å². The van der Waals surface area contributed by atoms with Crippen LogP contribution in [0.5, 0.6) is 0 Å². The lowest BCUT2D eigenvalue weighted by atomic mass is 10.1. The Morgan fingerprint density at radius 2 is 1.86 bits per heavy atom. The van der Waals surface area contributed by atoms with Crippen molar-refractivity contribution in [3.05, 3.63) is 47.5 Å². The second-order valence-electron chi connectivity index (χ2n) is 4.71. The van der Waals surface area contributed by atoms with Crippen molar-refractivity contribution < 1.29 is 18.4 Å². The summed E-state index contributed by atoms with van der Waals surface area (Å²) in [6, 6.07) is 1.76. The second kappa shape index (κ2) is 4.76. The molecule has 7 heteroatoms. The maximum atomic E-state index is 13.9. The SMILES string of the molecule is Cc1nccn1CCN1C(=O)C(=O)c2c(F)ccc(F)c21. The fourth-order valence-corrected chi connectivity index (χ4v) is 2.41. The summed E-state index contributed by atoms with van der Waals surface area (Å²) >= 11 is 0. The molecule has 0 fully saturated rings. The van der Waals surface area contributed by atoms with Crippen LogP contribution in [0.15, 0.2) is 24.5 Å². The topological polar surface area (TPSA) is 55.2 Å². The number of carbonyl (C=O) groups is 2. The quantitative estimate of drug-likeness (QED) is 0.809. The molecule has 0 saturated heterocycles. The van der Waals surface area contributed by atoms with Crippen LogP contribution in [-0.2, 0) is 11.3 Å². The highest BCUT2D eigenvalue weighted by atomic mass is 19.1.